The summed E-state index contributed by atoms with van der Waals surface area (Å²) >= 11 is 0. The second-order valence-corrected chi connectivity index (χ2v) is 5.16. The molecular formula is C13H25NO3. The number of carbonyl (C=O) groups excluding carboxylic acids is 1. The molecule has 1 N–H and O–H groups in total. The Balaban J connectivity index is 2.57. The first-order valence-corrected chi connectivity index (χ1v) is 6.47. The van der Waals surface area contributed by atoms with Crippen LogP contribution in [0.4, 0.5) is 0 Å². The Labute approximate surface area is 104 Å². The van der Waals surface area contributed by atoms with Gasteiger partial charge in [-0.2, -0.15) is 0 Å². The minimum Gasteiger partial charge on any atom is -0.393 e. The molecule has 4 heteroatoms. The molecule has 2 unspecified atom stereocenters. The fraction of sp³-hybridized carbons (Fsp3) is 0.923. The van der Waals surface area contributed by atoms with Gasteiger partial charge in [-0.1, -0.05) is 6.92 Å². The van der Waals surface area contributed by atoms with Crippen LogP contribution in [0, 0.1) is 5.92 Å². The molecule has 1 rings (SSSR count). The molecule has 1 aliphatic rings. The third kappa shape index (κ3) is 3.19. The van der Waals surface area contributed by atoms with E-state index in [0.717, 1.165) is 25.9 Å². The third-order valence-corrected chi connectivity index (χ3v) is 4.09. The molecule has 0 saturated carbocycles. The van der Waals surface area contributed by atoms with Crippen LogP contribution >= 0.6 is 0 Å². The minimum atomic E-state index is -0.697. The molecule has 2 atom stereocenters. The lowest BCUT2D eigenvalue weighted by atomic mass is 9.91. The number of ether oxygens (including phenoxy) is 1. The molecule has 4 nitrogen and oxygen atoms in total. The second kappa shape index (κ2) is 5.83. The Bertz CT molecular complexity index is 253. The van der Waals surface area contributed by atoms with Crippen LogP contribution in [0.15, 0.2) is 0 Å². The Kier molecular flexibility index (Phi) is 4.95. The van der Waals surface area contributed by atoms with Gasteiger partial charge in [-0.15, -0.1) is 0 Å². The number of carbonyl (C=O) groups is 1. The summed E-state index contributed by atoms with van der Waals surface area (Å²) in [6.45, 7) is 7.09. The smallest absolute Gasteiger partial charge is 0.254 e. The third-order valence-electron chi connectivity index (χ3n) is 4.09. The van der Waals surface area contributed by atoms with Crippen molar-refractivity contribution < 1.29 is 14.6 Å². The largest absolute Gasteiger partial charge is 0.393 e. The van der Waals surface area contributed by atoms with Crippen molar-refractivity contribution in [2.24, 2.45) is 5.92 Å². The number of aliphatic hydroxyl groups is 1. The van der Waals surface area contributed by atoms with Crippen molar-refractivity contribution in [2.75, 3.05) is 20.2 Å². The molecule has 0 aromatic rings. The first-order valence-electron chi connectivity index (χ1n) is 6.47. The van der Waals surface area contributed by atoms with Crippen molar-refractivity contribution in [3.63, 3.8) is 0 Å². The van der Waals surface area contributed by atoms with Crippen LogP contribution in [0.3, 0.4) is 0 Å². The molecule has 0 aliphatic carbocycles. The molecule has 17 heavy (non-hydrogen) atoms. The van der Waals surface area contributed by atoms with Gasteiger partial charge in [0.15, 0.2) is 0 Å². The van der Waals surface area contributed by atoms with Crippen molar-refractivity contribution in [1.29, 1.82) is 0 Å². The first-order chi connectivity index (χ1) is 7.94. The van der Waals surface area contributed by atoms with E-state index < -0.39 is 5.60 Å². The number of rotatable bonds is 4. The highest BCUT2D eigenvalue weighted by Gasteiger charge is 2.36. The van der Waals surface area contributed by atoms with E-state index >= 15 is 0 Å². The summed E-state index contributed by atoms with van der Waals surface area (Å²) in [5, 5.41) is 9.53. The molecule has 0 aromatic carbocycles. The molecule has 0 bridgehead atoms. The minimum absolute atomic E-state index is 0.0755. The van der Waals surface area contributed by atoms with E-state index in [2.05, 4.69) is 0 Å². The van der Waals surface area contributed by atoms with Crippen LogP contribution in [0.2, 0.25) is 0 Å². The maximum Gasteiger partial charge on any atom is 0.254 e. The zero-order valence-electron chi connectivity index (χ0n) is 11.4. The van der Waals surface area contributed by atoms with Gasteiger partial charge < -0.3 is 14.7 Å². The predicted octanol–water partition coefficient (Wildman–Crippen LogP) is 1.42. The molecule has 0 radical (unpaired) electrons. The van der Waals surface area contributed by atoms with Crippen LogP contribution in [0.5, 0.6) is 0 Å². The van der Waals surface area contributed by atoms with E-state index in [4.69, 9.17) is 4.74 Å². The number of amides is 1. The second-order valence-electron chi connectivity index (χ2n) is 5.16. The summed E-state index contributed by atoms with van der Waals surface area (Å²) in [5.74, 6) is 0.404. The molecule has 100 valence electrons. The van der Waals surface area contributed by atoms with E-state index in [1.807, 2.05) is 25.7 Å². The predicted molar refractivity (Wildman–Crippen MR) is 66.7 cm³/mol. The van der Waals surface area contributed by atoms with Crippen LogP contribution in [-0.2, 0) is 9.53 Å². The van der Waals surface area contributed by atoms with Gasteiger partial charge in [-0.25, -0.2) is 0 Å². The van der Waals surface area contributed by atoms with Crippen molar-refractivity contribution >= 4 is 5.91 Å². The summed E-state index contributed by atoms with van der Waals surface area (Å²) in [7, 11) is 1.59. The highest BCUT2D eigenvalue weighted by molar-refractivity contribution is 5.84. The molecule has 1 heterocycles. The molecular weight excluding hydrogens is 218 g/mol. The lowest BCUT2D eigenvalue weighted by molar-refractivity contribution is -0.155. The van der Waals surface area contributed by atoms with Gasteiger partial charge in [0.25, 0.3) is 5.91 Å². The standard InChI is InChI=1S/C13H25NO3/c1-5-13(3,17-4)12(16)14-8-6-11(7-9-14)10(2)15/h10-11,15H,5-9H2,1-4H3. The normalized spacial score (nSPS) is 23.2. The lowest BCUT2D eigenvalue weighted by Gasteiger charge is -2.38. The summed E-state index contributed by atoms with van der Waals surface area (Å²) in [5.41, 5.74) is -0.697. The van der Waals surface area contributed by atoms with Crippen LogP contribution in [0.25, 0.3) is 0 Å². The first kappa shape index (κ1) is 14.5. The average Bonchev–Trinajstić information content (AvgIpc) is 2.37. The maximum absolute atomic E-state index is 12.3. The summed E-state index contributed by atoms with van der Waals surface area (Å²) in [4.78, 5) is 14.2. The number of methoxy groups -OCH3 is 1. The maximum atomic E-state index is 12.3. The van der Waals surface area contributed by atoms with Crippen molar-refractivity contribution in [3.8, 4) is 0 Å². The molecule has 0 aromatic heterocycles. The number of likely N-dealkylation sites (tertiary alicyclic amines) is 1. The molecule has 1 fully saturated rings. The van der Waals surface area contributed by atoms with E-state index in [9.17, 15) is 9.90 Å². The van der Waals surface area contributed by atoms with Gasteiger partial charge in [-0.05, 0) is 39.0 Å². The van der Waals surface area contributed by atoms with Crippen molar-refractivity contribution in [2.45, 2.75) is 51.7 Å². The van der Waals surface area contributed by atoms with Gasteiger partial charge in [0, 0.05) is 20.2 Å². The molecule has 1 saturated heterocycles. The molecule has 1 aliphatic heterocycles. The topological polar surface area (TPSA) is 49.8 Å². The Hall–Kier alpha value is -0.610. The number of nitrogens with zero attached hydrogens (tertiary/aromatic N) is 1. The Morgan fingerprint density at radius 3 is 2.41 bits per heavy atom. The average molecular weight is 243 g/mol. The fourth-order valence-electron chi connectivity index (χ4n) is 2.30. The molecule has 1 amide bonds. The van der Waals surface area contributed by atoms with Gasteiger partial charge >= 0.3 is 0 Å². The number of hydrogen-bond donors (Lipinski definition) is 1. The SMILES string of the molecule is CCC(C)(OC)C(=O)N1CCC(C(C)O)CC1. The van der Waals surface area contributed by atoms with Gasteiger partial charge in [0.2, 0.25) is 0 Å². The number of aliphatic hydroxyl groups excluding tert-OH is 1. The number of piperidine rings is 1. The van der Waals surface area contributed by atoms with E-state index in [1.54, 1.807) is 7.11 Å². The zero-order valence-corrected chi connectivity index (χ0v) is 11.4. The monoisotopic (exact) mass is 243 g/mol. The molecule has 0 spiro atoms. The van der Waals surface area contributed by atoms with Crippen LogP contribution in [-0.4, -0.2) is 47.8 Å². The Morgan fingerprint density at radius 1 is 1.53 bits per heavy atom. The van der Waals surface area contributed by atoms with Gasteiger partial charge in [0.05, 0.1) is 6.10 Å². The fourth-order valence-corrected chi connectivity index (χ4v) is 2.30. The van der Waals surface area contributed by atoms with Crippen molar-refractivity contribution in [3.05, 3.63) is 0 Å². The zero-order chi connectivity index (χ0) is 13.1. The van der Waals surface area contributed by atoms with Crippen LogP contribution < -0.4 is 0 Å². The lowest BCUT2D eigenvalue weighted by Crippen LogP contribution is -2.51. The highest BCUT2D eigenvalue weighted by Crippen LogP contribution is 2.24. The van der Waals surface area contributed by atoms with E-state index in [1.165, 1.54) is 0 Å². The summed E-state index contributed by atoms with van der Waals surface area (Å²) in [6, 6.07) is 0. The van der Waals surface area contributed by atoms with Crippen molar-refractivity contribution in [1.82, 2.24) is 4.90 Å². The quantitative estimate of drug-likeness (QED) is 0.812. The van der Waals surface area contributed by atoms with Gasteiger partial charge in [-0.3, -0.25) is 4.79 Å². The van der Waals surface area contributed by atoms with E-state index in [-0.39, 0.29) is 12.0 Å². The van der Waals surface area contributed by atoms with E-state index in [0.29, 0.717) is 12.3 Å². The highest BCUT2D eigenvalue weighted by atomic mass is 16.5. The summed E-state index contributed by atoms with van der Waals surface area (Å²) < 4.78 is 5.34. The Morgan fingerprint density at radius 2 is 2.06 bits per heavy atom. The number of hydrogen-bond acceptors (Lipinski definition) is 3. The van der Waals surface area contributed by atoms with Gasteiger partial charge in [0.1, 0.15) is 5.60 Å². The summed E-state index contributed by atoms with van der Waals surface area (Å²) in [6.07, 6.45) is 2.17. The van der Waals surface area contributed by atoms with Crippen LogP contribution in [0.1, 0.15) is 40.0 Å².